The van der Waals surface area contributed by atoms with Crippen molar-refractivity contribution in [3.05, 3.63) is 95.7 Å². The number of hydrogen-bond donors (Lipinski definition) is 6. The van der Waals surface area contributed by atoms with E-state index < -0.39 is 89.8 Å². The van der Waals surface area contributed by atoms with E-state index in [0.29, 0.717) is 18.8 Å². The van der Waals surface area contributed by atoms with Crippen LogP contribution in [0.1, 0.15) is 130 Å². The number of nitrogen functional groups attached to an aromatic ring is 1. The largest absolute Gasteiger partial charge is 0.481 e. The van der Waals surface area contributed by atoms with Crippen LogP contribution >= 0.6 is 15.6 Å². The van der Waals surface area contributed by atoms with E-state index in [1.807, 2.05) is 12.2 Å². The number of ether oxygens (including phenoxy) is 3. The molecule has 7 N–H and O–H groups in total. The lowest BCUT2D eigenvalue weighted by atomic mass is 10.0. The number of hydrogen-bond acceptors (Lipinski definition) is 16. The number of anilines is 1. The van der Waals surface area contributed by atoms with Crippen LogP contribution in [0.3, 0.4) is 0 Å². The highest BCUT2D eigenvalue weighted by molar-refractivity contribution is 7.61. The van der Waals surface area contributed by atoms with E-state index in [1.165, 1.54) is 18.9 Å². The fraction of sp³-hybridized carbons (Fsp3) is 0.617. The molecule has 1 aliphatic heterocycles. The molecule has 1 fully saturated rings. The lowest BCUT2D eigenvalue weighted by molar-refractivity contribution is -0.161. The Morgan fingerprint density at radius 3 is 2.12 bits per heavy atom. The van der Waals surface area contributed by atoms with Crippen LogP contribution in [0, 0.1) is 5.92 Å². The van der Waals surface area contributed by atoms with Crippen LogP contribution in [0.2, 0.25) is 0 Å². The number of rotatable bonds is 36. The van der Waals surface area contributed by atoms with Crippen LogP contribution in [0.15, 0.2) is 90.0 Å². The summed E-state index contributed by atoms with van der Waals surface area (Å²) in [6.07, 6.45) is 27.9. The molecule has 1 saturated heterocycles. The van der Waals surface area contributed by atoms with Crippen molar-refractivity contribution in [3.8, 4) is 0 Å². The van der Waals surface area contributed by atoms with E-state index >= 15 is 0 Å². The minimum absolute atomic E-state index is 0.00810. The van der Waals surface area contributed by atoms with E-state index in [9.17, 15) is 48.6 Å². The van der Waals surface area contributed by atoms with Crippen molar-refractivity contribution >= 4 is 33.4 Å². The third-order valence-corrected chi connectivity index (χ3v) is 12.7. The van der Waals surface area contributed by atoms with Crippen LogP contribution in [0.4, 0.5) is 5.82 Å². The molecule has 0 radical (unpaired) electrons. The quantitative estimate of drug-likeness (QED) is 0.0123. The number of aliphatic hydroxyl groups excluding tert-OH is 3. The number of carbonyl (C=O) groups excluding carboxylic acids is 2. The van der Waals surface area contributed by atoms with Gasteiger partial charge in [0.25, 0.3) is 0 Å². The minimum atomic E-state index is -5.45. The fourth-order valence-electron chi connectivity index (χ4n) is 6.43. The molecule has 1 aromatic heterocycles. The van der Waals surface area contributed by atoms with Crippen LogP contribution in [-0.2, 0) is 46.3 Å². The second-order valence-electron chi connectivity index (χ2n) is 16.6. The predicted molar refractivity (Wildman–Crippen MR) is 258 cm³/mol. The Morgan fingerprint density at radius 2 is 1.46 bits per heavy atom. The zero-order valence-electron chi connectivity index (χ0n) is 39.7. The number of nitrogens with zero attached hydrogens (tertiary/aromatic N) is 2. The molecule has 384 valence electrons. The summed E-state index contributed by atoms with van der Waals surface area (Å²) >= 11 is 0. The van der Waals surface area contributed by atoms with E-state index in [1.54, 1.807) is 24.3 Å². The van der Waals surface area contributed by atoms with Gasteiger partial charge in [-0.2, -0.15) is 9.29 Å². The summed E-state index contributed by atoms with van der Waals surface area (Å²) in [5.41, 5.74) is 4.56. The zero-order chi connectivity index (χ0) is 50.2. The summed E-state index contributed by atoms with van der Waals surface area (Å²) in [5, 5.41) is 31.1. The fourth-order valence-corrected chi connectivity index (χ4v) is 8.54. The van der Waals surface area contributed by atoms with Gasteiger partial charge in [-0.15, -0.1) is 0 Å². The molecule has 8 atom stereocenters. The molecule has 0 aromatic carbocycles. The molecule has 19 nitrogen and oxygen atoms in total. The summed E-state index contributed by atoms with van der Waals surface area (Å²) < 4.78 is 56.4. The average molecular weight is 1000 g/mol. The van der Waals surface area contributed by atoms with Crippen molar-refractivity contribution in [2.24, 2.45) is 5.92 Å². The first-order valence-electron chi connectivity index (χ1n) is 23.4. The molecule has 3 unspecified atom stereocenters. The van der Waals surface area contributed by atoms with Gasteiger partial charge in [-0.05, 0) is 56.9 Å². The van der Waals surface area contributed by atoms with Gasteiger partial charge in [0, 0.05) is 19.0 Å². The van der Waals surface area contributed by atoms with E-state index in [0.717, 1.165) is 68.6 Å². The first-order valence-corrected chi connectivity index (χ1v) is 26.4. The summed E-state index contributed by atoms with van der Waals surface area (Å²) in [4.78, 5) is 61.7. The second-order valence-corrected chi connectivity index (χ2v) is 19.6. The summed E-state index contributed by atoms with van der Waals surface area (Å²) in [7, 11) is -10.9. The molecular formula is C47H75N3O16P2. The number of nitrogens with two attached hydrogens (primary N) is 1. The van der Waals surface area contributed by atoms with E-state index in [2.05, 4.69) is 66.5 Å². The minimum Gasteiger partial charge on any atom is -0.462 e. The van der Waals surface area contributed by atoms with Crippen molar-refractivity contribution < 1.29 is 71.4 Å². The van der Waals surface area contributed by atoms with Gasteiger partial charge in [0.15, 0.2) is 12.3 Å². The van der Waals surface area contributed by atoms with E-state index in [4.69, 9.17) is 29.0 Å². The maximum absolute atomic E-state index is 12.8. The number of carbonyl (C=O) groups is 2. The van der Waals surface area contributed by atoms with Gasteiger partial charge in [-0.25, -0.2) is 13.9 Å². The number of aromatic nitrogens is 2. The maximum Gasteiger partial charge on any atom is 0.481 e. The van der Waals surface area contributed by atoms with Gasteiger partial charge in [-0.3, -0.25) is 23.2 Å². The lowest BCUT2D eigenvalue weighted by Gasteiger charge is -2.21. The molecule has 1 aromatic rings. The molecule has 68 heavy (non-hydrogen) atoms. The Labute approximate surface area is 400 Å². The van der Waals surface area contributed by atoms with Gasteiger partial charge >= 0.3 is 33.3 Å². The molecule has 1 aliphatic rings. The second kappa shape index (κ2) is 34.5. The third kappa shape index (κ3) is 28.0. The number of unbranched alkanes of at least 4 members (excludes halogenated alkanes) is 6. The summed E-state index contributed by atoms with van der Waals surface area (Å²) in [5.74, 6) is -0.827. The average Bonchev–Trinajstić information content (AvgIpc) is 3.55. The number of allylic oxidation sites excluding steroid dienone is 10. The highest BCUT2D eigenvalue weighted by atomic mass is 31.3. The van der Waals surface area contributed by atoms with Crippen molar-refractivity contribution in [2.75, 3.05) is 25.6 Å². The number of esters is 2. The first-order chi connectivity index (χ1) is 32.4. The molecular weight excluding hydrogens is 924 g/mol. The Morgan fingerprint density at radius 1 is 0.824 bits per heavy atom. The van der Waals surface area contributed by atoms with Crippen molar-refractivity contribution in [1.82, 2.24) is 9.55 Å². The SMILES string of the molecule is CC/C=C\C/C=C\C/C=C\C/C=C\C=C/C(O)C/C=C\CCC(=O)OC[C@H](COP(=O)(O)OP(=O)(O)OC[C@H]1O[C@@H](n2ccc(N)nc2=O)[C@H](O)[C@@H]1O)OC(=O)CCCCCCCCCC(C)C. The molecule has 0 aliphatic carbocycles. The van der Waals surface area contributed by atoms with Gasteiger partial charge in [0.1, 0.15) is 30.7 Å². The topological polar surface area (TPSA) is 286 Å². The Kier molecular flexibility index (Phi) is 30.5. The molecule has 0 saturated carbocycles. The number of phosphoric acid groups is 2. The Bertz CT molecular complexity index is 1950. The number of phosphoric ester groups is 2. The van der Waals surface area contributed by atoms with Gasteiger partial charge in [-0.1, -0.05) is 139 Å². The van der Waals surface area contributed by atoms with Gasteiger partial charge < -0.3 is 45.1 Å². The normalized spacial score (nSPS) is 20.7. The number of aliphatic hydroxyl groups is 3. The Hall–Kier alpha value is -3.84. The van der Waals surface area contributed by atoms with Gasteiger partial charge in [0.05, 0.1) is 19.3 Å². The molecule has 0 amide bonds. The third-order valence-electron chi connectivity index (χ3n) is 10.1. The van der Waals surface area contributed by atoms with Crippen LogP contribution < -0.4 is 11.4 Å². The predicted octanol–water partition coefficient (Wildman–Crippen LogP) is 7.77. The van der Waals surface area contributed by atoms with Crippen molar-refractivity contribution in [3.63, 3.8) is 0 Å². The lowest BCUT2D eigenvalue weighted by Crippen LogP contribution is -2.36. The highest BCUT2D eigenvalue weighted by Crippen LogP contribution is 2.60. The first kappa shape index (κ1) is 60.3. The maximum atomic E-state index is 12.8. The van der Waals surface area contributed by atoms with Crippen molar-refractivity contribution in [1.29, 1.82) is 0 Å². The summed E-state index contributed by atoms with van der Waals surface area (Å²) in [6.45, 7) is 4.04. The van der Waals surface area contributed by atoms with Gasteiger partial charge in [0.2, 0.25) is 0 Å². The molecule has 0 bridgehead atoms. The zero-order valence-corrected chi connectivity index (χ0v) is 41.4. The monoisotopic (exact) mass is 999 g/mol. The van der Waals surface area contributed by atoms with Crippen LogP contribution in [0.25, 0.3) is 0 Å². The van der Waals surface area contributed by atoms with E-state index in [-0.39, 0.29) is 25.1 Å². The van der Waals surface area contributed by atoms with Crippen LogP contribution in [-0.4, -0.2) is 96.9 Å². The van der Waals surface area contributed by atoms with Crippen LogP contribution in [0.5, 0.6) is 0 Å². The smallest absolute Gasteiger partial charge is 0.462 e. The Balaban J connectivity index is 1.87. The molecule has 2 heterocycles. The molecule has 2 rings (SSSR count). The van der Waals surface area contributed by atoms with Crippen molar-refractivity contribution in [2.45, 2.75) is 160 Å². The molecule has 21 heteroatoms. The molecule has 0 spiro atoms. The standard InChI is InChI=1S/C47H75N3O16P2/c1-4-5-6-7-8-9-10-11-12-13-16-19-23-28-38(51)29-24-21-26-30-42(52)61-34-39(64-43(53)31-25-20-17-14-15-18-22-27-37(2)3)35-62-67(57,58)66-68(59,60)63-36-40-44(54)45(55)46(65-40)50-33-32-41(48)49-47(50)56/h5-6,8-9,11-12,16,19,21,23-24,28,32-33,37-40,44-46,51,54-55H,4,7,10,13-15,17-18,20,22,25-27,29-31,34-36H2,1-3H3,(H,57,58)(H,59,60)(H2,48,49,56)/b6-5-,9-8-,12-11-,19-16-,24-21-,28-23-/t38?,39-,40-,44-,45-,46-/m1/s1. The highest BCUT2D eigenvalue weighted by Gasteiger charge is 2.46. The summed E-state index contributed by atoms with van der Waals surface area (Å²) in [6, 6.07) is 1.23.